The van der Waals surface area contributed by atoms with E-state index in [9.17, 15) is 14.4 Å². The summed E-state index contributed by atoms with van der Waals surface area (Å²) in [5.41, 5.74) is 1.29. The molecule has 0 fully saturated rings. The number of Topliss-reactive ketones (excluding diaryl/α,β-unsaturated/α-hetero) is 1. The fraction of sp³-hybridized carbons (Fsp3) is 0.625. The van der Waals surface area contributed by atoms with Crippen molar-refractivity contribution >= 4 is 18.0 Å². The van der Waals surface area contributed by atoms with E-state index in [2.05, 4.69) is 31.3 Å². The third kappa shape index (κ3) is 10.4. The van der Waals surface area contributed by atoms with Gasteiger partial charge in [-0.1, -0.05) is 58.0 Å². The number of hydrogen-bond acceptors (Lipinski definition) is 3. The maximum absolute atomic E-state index is 12.7. The molecular weight excluding hydrogens is 350 g/mol. The van der Waals surface area contributed by atoms with Crippen LogP contribution >= 0.6 is 0 Å². The SMILES string of the molecule is CC(C)C[C@H](CC(=O)CCCCc1ccccc1)C(=O)N[C@H](C=O)CC(C)C. The summed E-state index contributed by atoms with van der Waals surface area (Å²) >= 11 is 0. The molecule has 0 saturated heterocycles. The summed E-state index contributed by atoms with van der Waals surface area (Å²) in [6.07, 6.45) is 5.65. The van der Waals surface area contributed by atoms with Crippen LogP contribution in [0.25, 0.3) is 0 Å². The van der Waals surface area contributed by atoms with Crippen LogP contribution in [0.2, 0.25) is 0 Å². The van der Waals surface area contributed by atoms with Crippen molar-refractivity contribution in [2.75, 3.05) is 0 Å². The highest BCUT2D eigenvalue weighted by molar-refractivity contribution is 5.88. The number of carbonyl (C=O) groups is 3. The lowest BCUT2D eigenvalue weighted by Gasteiger charge is -2.21. The zero-order valence-electron chi connectivity index (χ0n) is 17.9. The first kappa shape index (κ1) is 24.1. The number of benzene rings is 1. The molecule has 0 bridgehead atoms. The van der Waals surface area contributed by atoms with Crippen LogP contribution in [0.1, 0.15) is 71.8 Å². The monoisotopic (exact) mass is 387 g/mol. The second-order valence-electron chi connectivity index (χ2n) is 8.64. The molecule has 156 valence electrons. The van der Waals surface area contributed by atoms with E-state index < -0.39 is 6.04 Å². The Kier molecular flexibility index (Phi) is 11.4. The highest BCUT2D eigenvalue weighted by atomic mass is 16.2. The summed E-state index contributed by atoms with van der Waals surface area (Å²) in [7, 11) is 0. The number of amides is 1. The van der Waals surface area contributed by atoms with Crippen molar-refractivity contribution in [3.05, 3.63) is 35.9 Å². The van der Waals surface area contributed by atoms with Gasteiger partial charge in [0, 0.05) is 18.8 Å². The number of unbranched alkanes of at least 4 members (excludes halogenated alkanes) is 1. The summed E-state index contributed by atoms with van der Waals surface area (Å²) in [5, 5.41) is 2.84. The Balaban J connectivity index is 2.48. The molecular formula is C24H37NO3. The lowest BCUT2D eigenvalue weighted by atomic mass is 9.90. The summed E-state index contributed by atoms with van der Waals surface area (Å²) in [4.78, 5) is 36.3. The van der Waals surface area contributed by atoms with Gasteiger partial charge in [-0.2, -0.15) is 0 Å². The van der Waals surface area contributed by atoms with Gasteiger partial charge in [-0.15, -0.1) is 0 Å². The predicted molar refractivity (Wildman–Crippen MR) is 114 cm³/mol. The molecule has 2 atom stereocenters. The average molecular weight is 388 g/mol. The van der Waals surface area contributed by atoms with E-state index in [0.29, 0.717) is 31.1 Å². The summed E-state index contributed by atoms with van der Waals surface area (Å²) in [6.45, 7) is 8.15. The number of ketones is 1. The van der Waals surface area contributed by atoms with Gasteiger partial charge >= 0.3 is 0 Å². The highest BCUT2D eigenvalue weighted by Crippen LogP contribution is 2.19. The van der Waals surface area contributed by atoms with Gasteiger partial charge in [-0.3, -0.25) is 9.59 Å². The normalized spacial score (nSPS) is 13.4. The molecule has 1 aromatic carbocycles. The van der Waals surface area contributed by atoms with E-state index in [-0.39, 0.29) is 24.0 Å². The molecule has 1 aromatic rings. The van der Waals surface area contributed by atoms with E-state index in [1.165, 1.54) is 5.56 Å². The Bertz CT molecular complexity index is 595. The Labute approximate surface area is 170 Å². The number of nitrogens with one attached hydrogen (secondary N) is 1. The Hall–Kier alpha value is -1.97. The van der Waals surface area contributed by atoms with Crippen LogP contribution in [0.15, 0.2) is 30.3 Å². The maximum Gasteiger partial charge on any atom is 0.224 e. The lowest BCUT2D eigenvalue weighted by molar-refractivity contribution is -0.131. The minimum atomic E-state index is -0.469. The molecule has 4 nitrogen and oxygen atoms in total. The Morgan fingerprint density at radius 2 is 1.61 bits per heavy atom. The highest BCUT2D eigenvalue weighted by Gasteiger charge is 2.25. The molecule has 0 aromatic heterocycles. The molecule has 0 radical (unpaired) electrons. The minimum absolute atomic E-state index is 0.139. The molecule has 4 heteroatoms. The first-order valence-electron chi connectivity index (χ1n) is 10.6. The van der Waals surface area contributed by atoms with E-state index in [1.807, 2.05) is 32.0 Å². The quantitative estimate of drug-likeness (QED) is 0.370. The van der Waals surface area contributed by atoms with E-state index in [1.54, 1.807) is 0 Å². The van der Waals surface area contributed by atoms with Crippen LogP contribution in [0.4, 0.5) is 0 Å². The molecule has 0 aliphatic heterocycles. The molecule has 0 spiro atoms. The van der Waals surface area contributed by atoms with Crippen LogP contribution < -0.4 is 5.32 Å². The summed E-state index contributed by atoms with van der Waals surface area (Å²) < 4.78 is 0. The minimum Gasteiger partial charge on any atom is -0.346 e. The predicted octanol–water partition coefficient (Wildman–Crippen LogP) is 4.75. The van der Waals surface area contributed by atoms with Crippen LogP contribution in [-0.2, 0) is 20.8 Å². The lowest BCUT2D eigenvalue weighted by Crippen LogP contribution is -2.41. The van der Waals surface area contributed by atoms with Crippen molar-refractivity contribution in [1.82, 2.24) is 5.32 Å². The number of carbonyl (C=O) groups excluding carboxylic acids is 3. The summed E-state index contributed by atoms with van der Waals surface area (Å²) in [6, 6.07) is 9.80. The molecule has 0 aliphatic carbocycles. The first-order chi connectivity index (χ1) is 13.3. The van der Waals surface area contributed by atoms with Crippen LogP contribution in [0.5, 0.6) is 0 Å². The van der Waals surface area contributed by atoms with E-state index in [4.69, 9.17) is 0 Å². The smallest absolute Gasteiger partial charge is 0.224 e. The van der Waals surface area contributed by atoms with Crippen molar-refractivity contribution in [3.8, 4) is 0 Å². The molecule has 0 aliphatic rings. The van der Waals surface area contributed by atoms with Crippen molar-refractivity contribution in [2.45, 2.75) is 78.7 Å². The molecule has 0 saturated carbocycles. The van der Waals surface area contributed by atoms with Crippen molar-refractivity contribution in [3.63, 3.8) is 0 Å². The second-order valence-corrected chi connectivity index (χ2v) is 8.64. The van der Waals surface area contributed by atoms with Gasteiger partial charge in [-0.05, 0) is 49.5 Å². The van der Waals surface area contributed by atoms with Crippen LogP contribution in [0.3, 0.4) is 0 Å². The van der Waals surface area contributed by atoms with Crippen LogP contribution in [0, 0.1) is 17.8 Å². The van der Waals surface area contributed by atoms with Gasteiger partial charge in [0.25, 0.3) is 0 Å². The first-order valence-corrected chi connectivity index (χ1v) is 10.6. The van der Waals surface area contributed by atoms with Gasteiger partial charge in [0.05, 0.1) is 6.04 Å². The largest absolute Gasteiger partial charge is 0.346 e. The number of aldehydes is 1. The third-order valence-electron chi connectivity index (χ3n) is 4.83. The molecule has 1 amide bonds. The van der Waals surface area contributed by atoms with Crippen molar-refractivity contribution in [1.29, 1.82) is 0 Å². The van der Waals surface area contributed by atoms with Gasteiger partial charge in [0.2, 0.25) is 5.91 Å². The topological polar surface area (TPSA) is 63.2 Å². The van der Waals surface area contributed by atoms with Crippen LogP contribution in [-0.4, -0.2) is 24.0 Å². The fourth-order valence-electron chi connectivity index (χ4n) is 3.48. The standard InChI is InChI=1S/C24H37NO3/c1-18(2)14-21(24(28)25-22(17-26)15-19(3)4)16-23(27)13-9-8-12-20-10-6-5-7-11-20/h5-7,10-11,17-19,21-22H,8-9,12-16H2,1-4H3,(H,25,28)/t21-,22+/m1/s1. The number of hydrogen-bond donors (Lipinski definition) is 1. The zero-order chi connectivity index (χ0) is 20.9. The fourth-order valence-corrected chi connectivity index (χ4v) is 3.48. The van der Waals surface area contributed by atoms with Gasteiger partial charge < -0.3 is 10.1 Å². The number of rotatable bonds is 14. The number of aryl methyl sites for hydroxylation is 1. The van der Waals surface area contributed by atoms with Gasteiger partial charge in [0.15, 0.2) is 0 Å². The molecule has 28 heavy (non-hydrogen) atoms. The average Bonchev–Trinajstić information content (AvgIpc) is 2.64. The summed E-state index contributed by atoms with van der Waals surface area (Å²) in [5.74, 6) is 0.271. The molecule has 1 rings (SSSR count). The Morgan fingerprint density at radius 1 is 0.964 bits per heavy atom. The second kappa shape index (κ2) is 13.2. The molecule has 0 unspecified atom stereocenters. The Morgan fingerprint density at radius 3 is 2.18 bits per heavy atom. The van der Waals surface area contributed by atoms with Gasteiger partial charge in [-0.25, -0.2) is 0 Å². The maximum atomic E-state index is 12.7. The zero-order valence-corrected chi connectivity index (χ0v) is 17.9. The third-order valence-corrected chi connectivity index (χ3v) is 4.83. The molecule has 1 N–H and O–H groups in total. The van der Waals surface area contributed by atoms with Gasteiger partial charge in [0.1, 0.15) is 12.1 Å². The van der Waals surface area contributed by atoms with E-state index in [0.717, 1.165) is 25.5 Å². The van der Waals surface area contributed by atoms with Crippen molar-refractivity contribution in [2.24, 2.45) is 17.8 Å². The molecule has 0 heterocycles. The van der Waals surface area contributed by atoms with E-state index >= 15 is 0 Å². The van der Waals surface area contributed by atoms with Crippen molar-refractivity contribution < 1.29 is 14.4 Å².